The maximum absolute atomic E-state index is 8.55. The Bertz CT molecular complexity index is 98.0. The summed E-state index contributed by atoms with van der Waals surface area (Å²) in [5, 5.41) is 8.55. The number of aliphatic hydroxyl groups is 1. The van der Waals surface area contributed by atoms with Crippen LogP contribution in [0.5, 0.6) is 0 Å². The molecule has 0 aromatic rings. The number of unbranched alkanes of at least 4 members (excludes halogenated alkanes) is 3. The van der Waals surface area contributed by atoms with Gasteiger partial charge in [0.25, 0.3) is 0 Å². The minimum absolute atomic E-state index is 0.347. The van der Waals surface area contributed by atoms with Gasteiger partial charge < -0.3 is 9.84 Å². The summed E-state index contributed by atoms with van der Waals surface area (Å²) >= 11 is 0. The van der Waals surface area contributed by atoms with Crippen molar-refractivity contribution in [1.82, 2.24) is 0 Å². The zero-order valence-electron chi connectivity index (χ0n) is 7.80. The van der Waals surface area contributed by atoms with Gasteiger partial charge in [-0.15, -0.1) is 0 Å². The van der Waals surface area contributed by atoms with Gasteiger partial charge in [-0.2, -0.15) is 0 Å². The summed E-state index contributed by atoms with van der Waals surface area (Å²) in [6, 6.07) is 0. The Hall–Kier alpha value is -0.0800. The molecule has 1 rings (SSSR count). The molecule has 0 aromatic heterocycles. The van der Waals surface area contributed by atoms with Crippen LogP contribution in [-0.2, 0) is 4.74 Å². The second-order valence-electron chi connectivity index (χ2n) is 3.56. The molecule has 72 valence electrons. The monoisotopic (exact) mass is 172 g/mol. The lowest BCUT2D eigenvalue weighted by molar-refractivity contribution is 0.102. The number of aliphatic hydroxyl groups excluding tert-OH is 1. The van der Waals surface area contributed by atoms with Gasteiger partial charge in [0.1, 0.15) is 0 Å². The predicted octanol–water partition coefficient (Wildman–Crippen LogP) is 2.11. The maximum Gasteiger partial charge on any atom is 0.0576 e. The normalized spacial score (nSPS) is 23.2. The third-order valence-electron chi connectivity index (χ3n) is 2.46. The Morgan fingerprint density at radius 1 is 1.17 bits per heavy atom. The Morgan fingerprint density at radius 3 is 2.67 bits per heavy atom. The molecule has 0 amide bonds. The summed E-state index contributed by atoms with van der Waals surface area (Å²) in [5.41, 5.74) is 0. The van der Waals surface area contributed by atoms with Crippen LogP contribution in [0, 0.1) is 0 Å². The van der Waals surface area contributed by atoms with Crippen LogP contribution < -0.4 is 0 Å². The van der Waals surface area contributed by atoms with Gasteiger partial charge >= 0.3 is 0 Å². The molecule has 1 aliphatic heterocycles. The number of rotatable bonds is 6. The molecule has 1 saturated heterocycles. The molecular weight excluding hydrogens is 152 g/mol. The van der Waals surface area contributed by atoms with Crippen LogP contribution in [-0.4, -0.2) is 24.4 Å². The molecule has 0 aliphatic carbocycles. The Morgan fingerprint density at radius 2 is 2.00 bits per heavy atom. The van der Waals surface area contributed by atoms with Crippen LogP contribution in [0.2, 0.25) is 0 Å². The first-order valence-electron chi connectivity index (χ1n) is 5.16. The molecule has 1 heterocycles. The number of hydrogen-bond donors (Lipinski definition) is 1. The highest BCUT2D eigenvalue weighted by Gasteiger charge is 2.13. The predicted molar refractivity (Wildman–Crippen MR) is 49.1 cm³/mol. The smallest absolute Gasteiger partial charge is 0.0576 e. The standard InChI is InChI=1S/C10H20O2/c11-8-4-2-1-3-6-10-7-5-9-12-10/h10-11H,1-9H2. The van der Waals surface area contributed by atoms with Crippen molar-refractivity contribution in [2.75, 3.05) is 13.2 Å². The molecule has 0 radical (unpaired) electrons. The first-order valence-corrected chi connectivity index (χ1v) is 5.16. The van der Waals surface area contributed by atoms with Crippen LogP contribution in [0.1, 0.15) is 44.9 Å². The van der Waals surface area contributed by atoms with Crippen molar-refractivity contribution in [2.24, 2.45) is 0 Å². The number of ether oxygens (including phenoxy) is 1. The summed E-state index contributed by atoms with van der Waals surface area (Å²) in [5.74, 6) is 0. The molecule has 2 nitrogen and oxygen atoms in total. The fraction of sp³-hybridized carbons (Fsp3) is 1.00. The topological polar surface area (TPSA) is 29.5 Å². The summed E-state index contributed by atoms with van der Waals surface area (Å²) < 4.78 is 5.51. The molecule has 1 fully saturated rings. The van der Waals surface area contributed by atoms with Crippen molar-refractivity contribution < 1.29 is 9.84 Å². The summed E-state index contributed by atoms with van der Waals surface area (Å²) in [6.45, 7) is 1.32. The van der Waals surface area contributed by atoms with Gasteiger partial charge in [-0.1, -0.05) is 19.3 Å². The second kappa shape index (κ2) is 6.44. The first-order chi connectivity index (χ1) is 5.93. The SMILES string of the molecule is OCCCCCCC1CCCO1. The van der Waals surface area contributed by atoms with Crippen molar-refractivity contribution in [3.63, 3.8) is 0 Å². The van der Waals surface area contributed by atoms with Crippen LogP contribution in [0.4, 0.5) is 0 Å². The Kier molecular flexibility index (Phi) is 5.37. The summed E-state index contributed by atoms with van der Waals surface area (Å²) in [6.07, 6.45) is 8.95. The Labute approximate surface area is 74.9 Å². The average molecular weight is 172 g/mol. The summed E-state index contributed by atoms with van der Waals surface area (Å²) in [7, 11) is 0. The van der Waals surface area contributed by atoms with Gasteiger partial charge in [-0.3, -0.25) is 0 Å². The van der Waals surface area contributed by atoms with Crippen molar-refractivity contribution in [3.8, 4) is 0 Å². The van der Waals surface area contributed by atoms with Crippen molar-refractivity contribution in [2.45, 2.75) is 51.0 Å². The van der Waals surface area contributed by atoms with E-state index >= 15 is 0 Å². The molecule has 0 aromatic carbocycles. The molecule has 1 atom stereocenters. The molecule has 1 unspecified atom stereocenters. The van der Waals surface area contributed by atoms with E-state index in [1.807, 2.05) is 0 Å². The van der Waals surface area contributed by atoms with Crippen molar-refractivity contribution >= 4 is 0 Å². The summed E-state index contributed by atoms with van der Waals surface area (Å²) in [4.78, 5) is 0. The highest BCUT2D eigenvalue weighted by atomic mass is 16.5. The van der Waals surface area contributed by atoms with E-state index in [0.29, 0.717) is 12.7 Å². The van der Waals surface area contributed by atoms with E-state index < -0.39 is 0 Å². The van der Waals surface area contributed by atoms with E-state index in [1.165, 1.54) is 38.5 Å². The third-order valence-corrected chi connectivity index (χ3v) is 2.46. The molecule has 1 N–H and O–H groups in total. The molecule has 0 bridgehead atoms. The molecule has 2 heteroatoms. The molecule has 1 aliphatic rings. The molecule has 0 spiro atoms. The van der Waals surface area contributed by atoms with E-state index in [-0.39, 0.29) is 0 Å². The highest BCUT2D eigenvalue weighted by Crippen LogP contribution is 2.18. The molecular formula is C10H20O2. The largest absolute Gasteiger partial charge is 0.396 e. The van der Waals surface area contributed by atoms with E-state index in [1.54, 1.807) is 0 Å². The first kappa shape index (κ1) is 10.0. The quantitative estimate of drug-likeness (QED) is 0.622. The van der Waals surface area contributed by atoms with E-state index in [9.17, 15) is 0 Å². The average Bonchev–Trinajstić information content (AvgIpc) is 2.57. The van der Waals surface area contributed by atoms with Gasteiger partial charge in [0.15, 0.2) is 0 Å². The van der Waals surface area contributed by atoms with Gasteiger partial charge in [0, 0.05) is 13.2 Å². The lowest BCUT2D eigenvalue weighted by atomic mass is 10.1. The van der Waals surface area contributed by atoms with Crippen LogP contribution in [0.3, 0.4) is 0 Å². The fourth-order valence-corrected chi connectivity index (χ4v) is 1.71. The van der Waals surface area contributed by atoms with Crippen molar-refractivity contribution in [1.29, 1.82) is 0 Å². The minimum Gasteiger partial charge on any atom is -0.396 e. The molecule has 0 saturated carbocycles. The van der Waals surface area contributed by atoms with Crippen molar-refractivity contribution in [3.05, 3.63) is 0 Å². The third kappa shape index (κ3) is 4.07. The van der Waals surface area contributed by atoms with Gasteiger partial charge in [0.05, 0.1) is 6.10 Å². The zero-order chi connectivity index (χ0) is 8.65. The lowest BCUT2D eigenvalue weighted by Crippen LogP contribution is -2.03. The van der Waals surface area contributed by atoms with Gasteiger partial charge in [0.2, 0.25) is 0 Å². The van der Waals surface area contributed by atoms with E-state index in [4.69, 9.17) is 9.84 Å². The van der Waals surface area contributed by atoms with E-state index in [0.717, 1.165) is 13.0 Å². The molecule has 12 heavy (non-hydrogen) atoms. The highest BCUT2D eigenvalue weighted by molar-refractivity contribution is 4.64. The van der Waals surface area contributed by atoms with E-state index in [2.05, 4.69) is 0 Å². The fourth-order valence-electron chi connectivity index (χ4n) is 1.71. The maximum atomic E-state index is 8.55. The Balaban J connectivity index is 1.81. The lowest BCUT2D eigenvalue weighted by Gasteiger charge is -2.07. The minimum atomic E-state index is 0.347. The second-order valence-corrected chi connectivity index (χ2v) is 3.56. The van der Waals surface area contributed by atoms with Crippen LogP contribution in [0.15, 0.2) is 0 Å². The number of hydrogen-bond acceptors (Lipinski definition) is 2. The van der Waals surface area contributed by atoms with Crippen LogP contribution in [0.25, 0.3) is 0 Å². The van der Waals surface area contributed by atoms with Gasteiger partial charge in [-0.25, -0.2) is 0 Å². The van der Waals surface area contributed by atoms with Crippen LogP contribution >= 0.6 is 0 Å². The van der Waals surface area contributed by atoms with Gasteiger partial charge in [-0.05, 0) is 25.7 Å². The zero-order valence-corrected chi connectivity index (χ0v) is 7.80.